The van der Waals surface area contributed by atoms with Crippen molar-refractivity contribution in [2.24, 2.45) is 0 Å². The van der Waals surface area contributed by atoms with Crippen molar-refractivity contribution in [3.05, 3.63) is 53.5 Å². The van der Waals surface area contributed by atoms with E-state index in [2.05, 4.69) is 75.5 Å². The van der Waals surface area contributed by atoms with E-state index >= 15 is 0 Å². The van der Waals surface area contributed by atoms with Crippen LogP contribution in [-0.4, -0.2) is 24.4 Å². The Kier molecular flexibility index (Phi) is 2.88. The van der Waals surface area contributed by atoms with Gasteiger partial charge in [-0.1, -0.05) is 36.4 Å². The number of para-hydroxylation sites is 1. The third-order valence-electron chi connectivity index (χ3n) is 5.42. The lowest BCUT2D eigenvalue weighted by molar-refractivity contribution is 0.00578. The van der Waals surface area contributed by atoms with Gasteiger partial charge in [0.15, 0.2) is 0 Å². The molecule has 1 aromatic rings. The monoisotopic (exact) mass is 295 g/mol. The minimum atomic E-state index is -0.296. The van der Waals surface area contributed by atoms with Crippen LogP contribution >= 0.6 is 0 Å². The highest BCUT2D eigenvalue weighted by atomic mass is 16.7. The zero-order valence-electron chi connectivity index (χ0n) is 13.6. The Balaban J connectivity index is 1.60. The number of hydrogen-bond acceptors (Lipinski definition) is 3. The summed E-state index contributed by atoms with van der Waals surface area (Å²) in [6, 6.07) is 8.81. The van der Waals surface area contributed by atoms with Crippen LogP contribution < -0.4 is 5.32 Å². The van der Waals surface area contributed by atoms with Crippen molar-refractivity contribution in [2.75, 3.05) is 5.32 Å². The third kappa shape index (κ3) is 1.98. The molecule has 0 amide bonds. The van der Waals surface area contributed by atoms with Crippen molar-refractivity contribution < 1.29 is 9.31 Å². The lowest BCUT2D eigenvalue weighted by Gasteiger charge is -2.32. The molecule has 1 N–H and O–H groups in total. The van der Waals surface area contributed by atoms with E-state index in [4.69, 9.17) is 9.31 Å². The van der Waals surface area contributed by atoms with Gasteiger partial charge in [0.1, 0.15) is 0 Å². The largest absolute Gasteiger partial charge is 0.494 e. The summed E-state index contributed by atoms with van der Waals surface area (Å²) in [5, 5.41) is 3.59. The lowest BCUT2D eigenvalue weighted by atomic mass is 9.73. The highest BCUT2D eigenvalue weighted by Gasteiger charge is 2.52. The van der Waals surface area contributed by atoms with Gasteiger partial charge in [0, 0.05) is 11.6 Å². The molecule has 2 atom stereocenters. The minimum absolute atomic E-state index is 0.285. The van der Waals surface area contributed by atoms with E-state index in [1.807, 2.05) is 0 Å². The second-order valence-corrected chi connectivity index (χ2v) is 7.40. The van der Waals surface area contributed by atoms with Crippen LogP contribution in [0.4, 0.5) is 5.69 Å². The summed E-state index contributed by atoms with van der Waals surface area (Å²) in [7, 11) is -0.285. The van der Waals surface area contributed by atoms with E-state index in [0.717, 1.165) is 5.47 Å². The van der Waals surface area contributed by atoms with Crippen molar-refractivity contribution in [2.45, 2.75) is 50.9 Å². The number of allylic oxidation sites excluding steroid dienone is 2. The Morgan fingerprint density at radius 2 is 1.73 bits per heavy atom. The Bertz CT molecular complexity index is 661. The highest BCUT2D eigenvalue weighted by molar-refractivity contribution is 6.55. The summed E-state index contributed by atoms with van der Waals surface area (Å²) in [6.45, 7) is 8.36. The first kappa shape index (κ1) is 14.1. The second kappa shape index (κ2) is 4.50. The molecule has 0 bridgehead atoms. The Morgan fingerprint density at radius 1 is 1.05 bits per heavy atom. The summed E-state index contributed by atoms with van der Waals surface area (Å²) in [5.74, 6) is 0.405. The first-order valence-corrected chi connectivity index (χ1v) is 7.98. The van der Waals surface area contributed by atoms with E-state index in [1.165, 1.54) is 11.3 Å². The maximum absolute atomic E-state index is 6.16. The first-order valence-electron chi connectivity index (χ1n) is 7.98. The molecule has 0 saturated carbocycles. The Labute approximate surface area is 132 Å². The molecular weight excluding hydrogens is 273 g/mol. The molecule has 114 valence electrons. The lowest BCUT2D eigenvalue weighted by Crippen LogP contribution is -2.41. The van der Waals surface area contributed by atoms with Crippen LogP contribution in [0, 0.1) is 0 Å². The normalized spacial score (nSPS) is 30.5. The van der Waals surface area contributed by atoms with Crippen LogP contribution in [0.1, 0.15) is 39.2 Å². The highest BCUT2D eigenvalue weighted by Crippen LogP contribution is 2.43. The van der Waals surface area contributed by atoms with Gasteiger partial charge in [-0.2, -0.15) is 0 Å². The number of benzene rings is 1. The Hall–Kier alpha value is -1.52. The van der Waals surface area contributed by atoms with Gasteiger partial charge < -0.3 is 14.6 Å². The first-order chi connectivity index (χ1) is 10.4. The van der Waals surface area contributed by atoms with Crippen LogP contribution in [0.15, 0.2) is 48.0 Å². The molecule has 1 fully saturated rings. The van der Waals surface area contributed by atoms with Gasteiger partial charge in [-0.15, -0.1) is 0 Å². The molecule has 3 nitrogen and oxygen atoms in total. The zero-order chi connectivity index (χ0) is 15.5. The quantitative estimate of drug-likeness (QED) is 0.801. The summed E-state index contributed by atoms with van der Waals surface area (Å²) in [6.07, 6.45) is 6.68. The van der Waals surface area contributed by atoms with Crippen molar-refractivity contribution >= 4 is 12.8 Å². The van der Waals surface area contributed by atoms with Crippen molar-refractivity contribution in [3.63, 3.8) is 0 Å². The number of anilines is 1. The van der Waals surface area contributed by atoms with E-state index < -0.39 is 0 Å². The SMILES string of the molecule is CC1(C)OB(C2=C[C@H]3Nc4ccccc4[C@H]3C=C2)OC1(C)C. The molecule has 0 radical (unpaired) electrons. The van der Waals surface area contributed by atoms with Gasteiger partial charge in [0.05, 0.1) is 17.2 Å². The Morgan fingerprint density at radius 3 is 2.45 bits per heavy atom. The topological polar surface area (TPSA) is 30.5 Å². The van der Waals surface area contributed by atoms with Gasteiger partial charge >= 0.3 is 7.12 Å². The van der Waals surface area contributed by atoms with Crippen LogP contribution in [-0.2, 0) is 9.31 Å². The number of hydrogen-bond donors (Lipinski definition) is 1. The molecule has 4 heteroatoms. The van der Waals surface area contributed by atoms with Gasteiger partial charge in [-0.3, -0.25) is 0 Å². The second-order valence-electron chi connectivity index (χ2n) is 7.40. The maximum Gasteiger partial charge on any atom is 0.494 e. The summed E-state index contributed by atoms with van der Waals surface area (Å²) < 4.78 is 12.3. The smallest absolute Gasteiger partial charge is 0.399 e. The molecule has 2 heterocycles. The molecule has 1 saturated heterocycles. The third-order valence-corrected chi connectivity index (χ3v) is 5.42. The fourth-order valence-electron chi connectivity index (χ4n) is 3.36. The molecular formula is C18H22BNO2. The van der Waals surface area contributed by atoms with E-state index in [9.17, 15) is 0 Å². The molecule has 3 aliphatic rings. The average Bonchev–Trinajstić information content (AvgIpc) is 2.93. The van der Waals surface area contributed by atoms with E-state index in [0.29, 0.717) is 5.92 Å². The molecule has 4 rings (SSSR count). The molecule has 0 spiro atoms. The molecule has 22 heavy (non-hydrogen) atoms. The molecule has 0 aromatic heterocycles. The van der Waals surface area contributed by atoms with Crippen LogP contribution in [0.3, 0.4) is 0 Å². The van der Waals surface area contributed by atoms with Crippen LogP contribution in [0.2, 0.25) is 0 Å². The zero-order valence-corrected chi connectivity index (χ0v) is 13.6. The van der Waals surface area contributed by atoms with Gasteiger partial charge in [-0.05, 0) is 44.8 Å². The van der Waals surface area contributed by atoms with E-state index in [-0.39, 0.29) is 24.4 Å². The molecule has 0 unspecified atom stereocenters. The molecule has 1 aliphatic carbocycles. The number of nitrogens with one attached hydrogen (secondary N) is 1. The summed E-state index contributed by atoms with van der Waals surface area (Å²) in [5.41, 5.74) is 3.12. The van der Waals surface area contributed by atoms with Crippen molar-refractivity contribution in [1.29, 1.82) is 0 Å². The van der Waals surface area contributed by atoms with Gasteiger partial charge in [0.2, 0.25) is 0 Å². The standard InChI is InChI=1S/C18H22BNO2/c1-17(2)18(3,4)22-19(21-17)12-9-10-14-13-7-5-6-8-15(13)20-16(14)11-12/h5-11,14,16,20H,1-4H3/t14-,16-/m1/s1. The van der Waals surface area contributed by atoms with Crippen molar-refractivity contribution in [1.82, 2.24) is 0 Å². The number of fused-ring (bicyclic) bond motifs is 3. The van der Waals surface area contributed by atoms with Crippen LogP contribution in [0.25, 0.3) is 0 Å². The van der Waals surface area contributed by atoms with Gasteiger partial charge in [-0.25, -0.2) is 0 Å². The predicted octanol–water partition coefficient (Wildman–Crippen LogP) is 3.69. The summed E-state index contributed by atoms with van der Waals surface area (Å²) in [4.78, 5) is 0. The fourth-order valence-corrected chi connectivity index (χ4v) is 3.36. The predicted molar refractivity (Wildman–Crippen MR) is 89.9 cm³/mol. The van der Waals surface area contributed by atoms with Gasteiger partial charge in [0.25, 0.3) is 0 Å². The van der Waals surface area contributed by atoms with E-state index in [1.54, 1.807) is 0 Å². The minimum Gasteiger partial charge on any atom is -0.399 e. The fraction of sp³-hybridized carbons (Fsp3) is 0.444. The molecule has 2 aliphatic heterocycles. The average molecular weight is 295 g/mol. The summed E-state index contributed by atoms with van der Waals surface area (Å²) >= 11 is 0. The maximum atomic E-state index is 6.16. The molecule has 1 aromatic carbocycles. The van der Waals surface area contributed by atoms with Crippen LogP contribution in [0.5, 0.6) is 0 Å². The van der Waals surface area contributed by atoms with Crippen molar-refractivity contribution in [3.8, 4) is 0 Å². The number of rotatable bonds is 1.